The van der Waals surface area contributed by atoms with Crippen molar-refractivity contribution >= 4 is 28.8 Å². The lowest BCUT2D eigenvalue weighted by Gasteiger charge is -2.28. The van der Waals surface area contributed by atoms with E-state index < -0.39 is 0 Å². The van der Waals surface area contributed by atoms with Gasteiger partial charge in [-0.1, -0.05) is 23.8 Å². The maximum absolute atomic E-state index is 12.7. The lowest BCUT2D eigenvalue weighted by atomic mass is 9.97. The van der Waals surface area contributed by atoms with Gasteiger partial charge in [-0.05, 0) is 30.5 Å². The molecule has 1 aliphatic heterocycles. The van der Waals surface area contributed by atoms with E-state index in [0.717, 1.165) is 16.1 Å². The van der Waals surface area contributed by atoms with E-state index in [1.807, 2.05) is 48.7 Å². The van der Waals surface area contributed by atoms with Crippen LogP contribution < -0.4 is 4.90 Å². The number of benzene rings is 1. The van der Waals surface area contributed by atoms with Crippen LogP contribution in [0.5, 0.6) is 0 Å². The van der Waals surface area contributed by atoms with Crippen LogP contribution in [-0.4, -0.2) is 30.8 Å². The van der Waals surface area contributed by atoms with E-state index in [0.29, 0.717) is 0 Å². The Balaban J connectivity index is 2.04. The zero-order chi connectivity index (χ0) is 16.6. The van der Waals surface area contributed by atoms with Crippen LogP contribution in [0.1, 0.15) is 22.9 Å². The van der Waals surface area contributed by atoms with Gasteiger partial charge >= 0.3 is 0 Å². The van der Waals surface area contributed by atoms with Crippen molar-refractivity contribution in [3.05, 3.63) is 52.2 Å². The highest BCUT2D eigenvalue weighted by atomic mass is 32.1. The Kier molecular flexibility index (Phi) is 4.22. The number of nitrogens with zero attached hydrogens (tertiary/aromatic N) is 2. The number of anilines is 1. The van der Waals surface area contributed by atoms with Gasteiger partial charge in [0.1, 0.15) is 0 Å². The first-order valence-corrected chi connectivity index (χ1v) is 8.50. The van der Waals surface area contributed by atoms with Gasteiger partial charge in [-0.3, -0.25) is 9.59 Å². The summed E-state index contributed by atoms with van der Waals surface area (Å²) < 4.78 is 0. The summed E-state index contributed by atoms with van der Waals surface area (Å²) >= 11 is 1.59. The summed E-state index contributed by atoms with van der Waals surface area (Å²) in [4.78, 5) is 29.7. The van der Waals surface area contributed by atoms with E-state index in [1.54, 1.807) is 35.2 Å². The lowest BCUT2D eigenvalue weighted by molar-refractivity contribution is -0.134. The second-order valence-electron chi connectivity index (χ2n) is 6.10. The van der Waals surface area contributed by atoms with Gasteiger partial charge in [0.05, 0.1) is 12.0 Å². The molecule has 1 aliphatic rings. The monoisotopic (exact) mass is 328 g/mol. The highest BCUT2D eigenvalue weighted by molar-refractivity contribution is 7.10. The van der Waals surface area contributed by atoms with E-state index >= 15 is 0 Å². The molecule has 23 heavy (non-hydrogen) atoms. The number of aryl methyl sites for hydroxylation is 1. The molecule has 0 spiro atoms. The van der Waals surface area contributed by atoms with Crippen molar-refractivity contribution in [3.63, 3.8) is 0 Å². The molecule has 2 heterocycles. The number of amides is 2. The Morgan fingerprint density at radius 1 is 1.22 bits per heavy atom. The zero-order valence-corrected chi connectivity index (χ0v) is 14.3. The van der Waals surface area contributed by atoms with Gasteiger partial charge in [-0.25, -0.2) is 0 Å². The number of hydrogen-bond donors (Lipinski definition) is 0. The Labute approximate surface area is 140 Å². The predicted octanol–water partition coefficient (Wildman–Crippen LogP) is 3.24. The normalized spacial score (nSPS) is 20.8. The number of rotatable bonds is 3. The third-order valence-corrected chi connectivity index (χ3v) is 5.17. The maximum atomic E-state index is 12.7. The molecule has 1 saturated heterocycles. The van der Waals surface area contributed by atoms with Crippen LogP contribution in [0.2, 0.25) is 0 Å². The van der Waals surface area contributed by atoms with Crippen molar-refractivity contribution in [2.75, 3.05) is 19.0 Å². The maximum Gasteiger partial charge on any atom is 0.228 e. The first kappa shape index (κ1) is 15.7. The minimum atomic E-state index is -0.336. The van der Waals surface area contributed by atoms with Gasteiger partial charge < -0.3 is 9.80 Å². The van der Waals surface area contributed by atoms with Crippen LogP contribution in [0.15, 0.2) is 41.8 Å². The molecule has 5 heteroatoms. The second-order valence-corrected chi connectivity index (χ2v) is 7.08. The number of carbonyl (C=O) groups excluding carboxylic acids is 2. The molecule has 0 aliphatic carbocycles. The Bertz CT molecular complexity index is 707. The fraction of sp³-hybridized carbons (Fsp3) is 0.333. The molecule has 1 aromatic carbocycles. The third kappa shape index (κ3) is 2.88. The topological polar surface area (TPSA) is 40.6 Å². The van der Waals surface area contributed by atoms with Crippen LogP contribution in [0.25, 0.3) is 0 Å². The molecule has 0 saturated carbocycles. The van der Waals surface area contributed by atoms with Gasteiger partial charge in [0.25, 0.3) is 0 Å². The second kappa shape index (κ2) is 6.16. The molecule has 1 fully saturated rings. The van der Waals surface area contributed by atoms with Crippen LogP contribution in [-0.2, 0) is 9.59 Å². The fourth-order valence-electron chi connectivity index (χ4n) is 3.08. The number of hydrogen-bond acceptors (Lipinski definition) is 3. The summed E-state index contributed by atoms with van der Waals surface area (Å²) in [7, 11) is 3.49. The van der Waals surface area contributed by atoms with Crippen molar-refractivity contribution in [2.45, 2.75) is 19.4 Å². The Morgan fingerprint density at radius 3 is 2.48 bits per heavy atom. The average molecular weight is 328 g/mol. The smallest absolute Gasteiger partial charge is 0.228 e. The summed E-state index contributed by atoms with van der Waals surface area (Å²) in [6, 6.07) is 11.6. The fourth-order valence-corrected chi connectivity index (χ4v) is 3.96. The summed E-state index contributed by atoms with van der Waals surface area (Å²) in [6.07, 6.45) is 0.257. The molecule has 120 valence electrons. The van der Waals surface area contributed by atoms with Crippen molar-refractivity contribution < 1.29 is 9.59 Å². The van der Waals surface area contributed by atoms with Crippen LogP contribution in [0.4, 0.5) is 5.69 Å². The third-order valence-electron chi connectivity index (χ3n) is 4.23. The highest BCUT2D eigenvalue weighted by Gasteiger charge is 2.46. The first-order chi connectivity index (χ1) is 11.0. The van der Waals surface area contributed by atoms with E-state index in [-0.39, 0.29) is 30.2 Å². The summed E-state index contributed by atoms with van der Waals surface area (Å²) in [5.41, 5.74) is 2.00. The molecular weight excluding hydrogens is 308 g/mol. The van der Waals surface area contributed by atoms with Gasteiger partial charge in [-0.2, -0.15) is 0 Å². The number of thiophene rings is 1. The number of carbonyl (C=O) groups is 2. The Morgan fingerprint density at radius 2 is 1.91 bits per heavy atom. The summed E-state index contributed by atoms with van der Waals surface area (Å²) in [6.45, 7) is 2.02. The molecule has 2 atom stereocenters. The first-order valence-electron chi connectivity index (χ1n) is 7.62. The molecule has 3 rings (SSSR count). The summed E-state index contributed by atoms with van der Waals surface area (Å²) in [5, 5.41) is 1.99. The van der Waals surface area contributed by atoms with Crippen molar-refractivity contribution in [1.29, 1.82) is 0 Å². The molecule has 0 N–H and O–H groups in total. The average Bonchev–Trinajstić information content (AvgIpc) is 3.14. The molecule has 0 radical (unpaired) electrons. The van der Waals surface area contributed by atoms with E-state index in [2.05, 4.69) is 0 Å². The molecule has 1 aromatic heterocycles. The van der Waals surface area contributed by atoms with Crippen molar-refractivity contribution in [1.82, 2.24) is 4.90 Å². The molecule has 2 amide bonds. The van der Waals surface area contributed by atoms with Gasteiger partial charge in [0.2, 0.25) is 11.8 Å². The van der Waals surface area contributed by atoms with E-state index in [4.69, 9.17) is 0 Å². The van der Waals surface area contributed by atoms with Crippen molar-refractivity contribution in [3.8, 4) is 0 Å². The SMILES string of the molecule is Cc1ccc(N2C(=O)C[C@@H](C(=O)N(C)C)[C@@H]2c2cccs2)cc1. The van der Waals surface area contributed by atoms with E-state index in [1.165, 1.54) is 0 Å². The quantitative estimate of drug-likeness (QED) is 0.868. The molecule has 0 unspecified atom stereocenters. The van der Waals surface area contributed by atoms with Gasteiger partial charge in [-0.15, -0.1) is 11.3 Å². The minimum Gasteiger partial charge on any atom is -0.348 e. The largest absolute Gasteiger partial charge is 0.348 e. The lowest BCUT2D eigenvalue weighted by Crippen LogP contribution is -2.34. The van der Waals surface area contributed by atoms with Crippen LogP contribution in [0.3, 0.4) is 0 Å². The van der Waals surface area contributed by atoms with Crippen molar-refractivity contribution in [2.24, 2.45) is 5.92 Å². The van der Waals surface area contributed by atoms with Gasteiger partial charge in [0, 0.05) is 31.1 Å². The standard InChI is InChI=1S/C18H20N2O2S/c1-12-6-8-13(9-7-12)20-16(21)11-14(18(22)19(2)3)17(20)15-5-4-10-23-15/h4-10,14,17H,11H2,1-3H3/t14-,17-/m1/s1. The minimum absolute atomic E-state index is 0.00589. The predicted molar refractivity (Wildman–Crippen MR) is 92.5 cm³/mol. The zero-order valence-electron chi connectivity index (χ0n) is 13.5. The highest BCUT2D eigenvalue weighted by Crippen LogP contribution is 2.43. The Hall–Kier alpha value is -2.14. The van der Waals surface area contributed by atoms with E-state index in [9.17, 15) is 9.59 Å². The van der Waals surface area contributed by atoms with Crippen LogP contribution >= 0.6 is 11.3 Å². The molecule has 0 bridgehead atoms. The molecule has 2 aromatic rings. The van der Waals surface area contributed by atoms with Gasteiger partial charge in [0.15, 0.2) is 0 Å². The summed E-state index contributed by atoms with van der Waals surface area (Å²) in [5.74, 6) is -0.323. The van der Waals surface area contributed by atoms with Crippen LogP contribution in [0, 0.1) is 12.8 Å². The molecular formula is C18H20N2O2S. The molecule has 4 nitrogen and oxygen atoms in total.